The molecule has 1 fully saturated rings. The summed E-state index contributed by atoms with van der Waals surface area (Å²) >= 11 is 1.36. The first-order valence-corrected chi connectivity index (χ1v) is 11.0. The molecule has 5 rings (SSSR count). The molecule has 0 spiro atoms. The van der Waals surface area contributed by atoms with Crippen LogP contribution in [0.5, 0.6) is 5.75 Å². The molecule has 4 nitrogen and oxygen atoms in total. The molecule has 0 aliphatic carbocycles. The lowest BCUT2D eigenvalue weighted by Gasteiger charge is -2.08. The molecule has 0 aromatic heterocycles. The number of amidine groups is 1. The number of hydrogen-bond donors (Lipinski definition) is 1. The molecule has 4 aromatic rings. The second-order valence-corrected chi connectivity index (χ2v) is 8.17. The predicted octanol–water partition coefficient (Wildman–Crippen LogP) is 6.28. The molecular weight excluding hydrogens is 404 g/mol. The van der Waals surface area contributed by atoms with Gasteiger partial charge in [0.1, 0.15) is 5.75 Å². The number of amides is 1. The Morgan fingerprint density at radius 2 is 1.58 bits per heavy atom. The first-order valence-electron chi connectivity index (χ1n) is 10.1. The van der Waals surface area contributed by atoms with Gasteiger partial charge in [0.2, 0.25) is 0 Å². The highest BCUT2D eigenvalue weighted by Crippen LogP contribution is 2.34. The summed E-state index contributed by atoms with van der Waals surface area (Å²) in [5.41, 5.74) is 1.82. The summed E-state index contributed by atoms with van der Waals surface area (Å²) < 4.78 is 5.47. The minimum Gasteiger partial charge on any atom is -0.494 e. The standard InChI is InChI=1S/C26H20N2O2S/c1-2-30-20-13-11-19(12-14-20)27-26-28-25(29)24(31-26)16-23-21-9-5-3-7-17(21)15-18-8-4-6-10-22(18)23/h3-16H,2H2,1H3,(H,27,28,29)/b24-16-. The molecule has 0 radical (unpaired) electrons. The van der Waals surface area contributed by atoms with Gasteiger partial charge in [-0.3, -0.25) is 4.79 Å². The van der Waals surface area contributed by atoms with E-state index < -0.39 is 0 Å². The van der Waals surface area contributed by atoms with Crippen LogP contribution in [0.25, 0.3) is 27.6 Å². The molecular formula is C26H20N2O2S. The molecule has 31 heavy (non-hydrogen) atoms. The second kappa shape index (κ2) is 8.28. The van der Waals surface area contributed by atoms with Crippen LogP contribution in [0, 0.1) is 0 Å². The lowest BCUT2D eigenvalue weighted by atomic mass is 9.96. The fourth-order valence-corrected chi connectivity index (χ4v) is 4.54. The first-order chi connectivity index (χ1) is 15.2. The van der Waals surface area contributed by atoms with E-state index in [0.717, 1.165) is 38.5 Å². The van der Waals surface area contributed by atoms with Crippen LogP contribution < -0.4 is 10.1 Å². The highest BCUT2D eigenvalue weighted by Gasteiger charge is 2.24. The average molecular weight is 425 g/mol. The van der Waals surface area contributed by atoms with E-state index in [4.69, 9.17) is 4.74 Å². The molecule has 0 bridgehead atoms. The van der Waals surface area contributed by atoms with E-state index in [1.165, 1.54) is 11.8 Å². The zero-order valence-corrected chi connectivity index (χ0v) is 17.8. The molecule has 0 unspecified atom stereocenters. The van der Waals surface area contributed by atoms with Crippen molar-refractivity contribution < 1.29 is 9.53 Å². The molecule has 1 saturated heterocycles. The number of nitrogens with one attached hydrogen (secondary N) is 1. The lowest BCUT2D eigenvalue weighted by molar-refractivity contribution is -0.115. The third-order valence-electron chi connectivity index (χ3n) is 5.12. The van der Waals surface area contributed by atoms with Gasteiger partial charge >= 0.3 is 0 Å². The number of aliphatic imine (C=N–C) groups is 1. The summed E-state index contributed by atoms with van der Waals surface area (Å²) in [4.78, 5) is 17.9. The van der Waals surface area contributed by atoms with Crippen molar-refractivity contribution in [1.29, 1.82) is 0 Å². The Morgan fingerprint density at radius 3 is 2.23 bits per heavy atom. The smallest absolute Gasteiger partial charge is 0.264 e. The number of carbonyl (C=O) groups is 1. The van der Waals surface area contributed by atoms with Crippen LogP contribution in [-0.4, -0.2) is 17.7 Å². The number of benzene rings is 4. The topological polar surface area (TPSA) is 50.7 Å². The van der Waals surface area contributed by atoms with Crippen LogP contribution in [0.15, 0.2) is 88.8 Å². The van der Waals surface area contributed by atoms with Gasteiger partial charge in [0.15, 0.2) is 5.17 Å². The number of hydrogen-bond acceptors (Lipinski definition) is 4. The van der Waals surface area contributed by atoms with Crippen molar-refractivity contribution in [3.63, 3.8) is 0 Å². The Balaban J connectivity index is 1.53. The summed E-state index contributed by atoms with van der Waals surface area (Å²) in [6, 6.07) is 26.2. The van der Waals surface area contributed by atoms with Gasteiger partial charge in [-0.1, -0.05) is 48.5 Å². The van der Waals surface area contributed by atoms with E-state index in [9.17, 15) is 4.79 Å². The summed E-state index contributed by atoms with van der Waals surface area (Å²) in [7, 11) is 0. The second-order valence-electron chi connectivity index (χ2n) is 7.14. The molecule has 1 N–H and O–H groups in total. The minimum absolute atomic E-state index is 0.133. The molecule has 5 heteroatoms. The van der Waals surface area contributed by atoms with E-state index in [1.807, 2.05) is 61.5 Å². The van der Waals surface area contributed by atoms with Gasteiger partial charge in [0, 0.05) is 0 Å². The number of rotatable bonds is 4. The van der Waals surface area contributed by atoms with Crippen LogP contribution >= 0.6 is 11.8 Å². The molecule has 1 amide bonds. The van der Waals surface area contributed by atoms with Crippen molar-refractivity contribution in [2.75, 3.05) is 6.61 Å². The van der Waals surface area contributed by atoms with E-state index in [-0.39, 0.29) is 5.91 Å². The molecule has 1 aliphatic heterocycles. The Hall–Kier alpha value is -3.57. The molecule has 4 aromatic carbocycles. The quantitative estimate of drug-likeness (QED) is 0.310. The van der Waals surface area contributed by atoms with Gasteiger partial charge in [0.25, 0.3) is 5.91 Å². The molecule has 152 valence electrons. The number of thioether (sulfide) groups is 1. The van der Waals surface area contributed by atoms with E-state index >= 15 is 0 Å². The maximum atomic E-state index is 12.7. The highest BCUT2D eigenvalue weighted by molar-refractivity contribution is 8.18. The van der Waals surface area contributed by atoms with Gasteiger partial charge < -0.3 is 10.1 Å². The molecule has 1 heterocycles. The molecule has 0 atom stereocenters. The maximum Gasteiger partial charge on any atom is 0.264 e. The van der Waals surface area contributed by atoms with Crippen LogP contribution in [0.3, 0.4) is 0 Å². The van der Waals surface area contributed by atoms with Crippen molar-refractivity contribution in [1.82, 2.24) is 5.32 Å². The average Bonchev–Trinajstić information content (AvgIpc) is 3.13. The Bertz CT molecular complexity index is 1300. The monoisotopic (exact) mass is 424 g/mol. The third kappa shape index (κ3) is 3.92. The van der Waals surface area contributed by atoms with Crippen LogP contribution in [0.4, 0.5) is 5.69 Å². The van der Waals surface area contributed by atoms with Crippen LogP contribution in [0.2, 0.25) is 0 Å². The minimum atomic E-state index is -0.133. The van der Waals surface area contributed by atoms with Gasteiger partial charge in [0.05, 0.1) is 17.2 Å². The van der Waals surface area contributed by atoms with Gasteiger partial charge in [-0.15, -0.1) is 0 Å². The van der Waals surface area contributed by atoms with Crippen molar-refractivity contribution in [2.45, 2.75) is 6.92 Å². The summed E-state index contributed by atoms with van der Waals surface area (Å²) in [6.45, 7) is 2.57. The zero-order valence-electron chi connectivity index (χ0n) is 17.0. The normalized spacial score (nSPS) is 16.4. The fourth-order valence-electron chi connectivity index (χ4n) is 3.72. The maximum absolute atomic E-state index is 12.7. The predicted molar refractivity (Wildman–Crippen MR) is 130 cm³/mol. The van der Waals surface area contributed by atoms with E-state index in [2.05, 4.69) is 40.6 Å². The highest BCUT2D eigenvalue weighted by atomic mass is 32.2. The number of fused-ring (bicyclic) bond motifs is 2. The number of nitrogens with zero attached hydrogens (tertiary/aromatic N) is 1. The van der Waals surface area contributed by atoms with Gasteiger partial charge in [-0.05, 0) is 82.2 Å². The lowest BCUT2D eigenvalue weighted by Crippen LogP contribution is -2.19. The Labute approximate surface area is 184 Å². The van der Waals surface area contributed by atoms with E-state index in [0.29, 0.717) is 16.7 Å². The fraction of sp³-hybridized carbons (Fsp3) is 0.0769. The largest absolute Gasteiger partial charge is 0.494 e. The third-order valence-corrected chi connectivity index (χ3v) is 6.03. The summed E-state index contributed by atoms with van der Waals surface area (Å²) in [5, 5.41) is 8.01. The van der Waals surface area contributed by atoms with Crippen molar-refractivity contribution in [3.05, 3.63) is 89.3 Å². The van der Waals surface area contributed by atoms with Crippen LogP contribution in [0.1, 0.15) is 12.5 Å². The number of carbonyl (C=O) groups excluding carboxylic acids is 1. The Kier molecular flexibility index (Phi) is 5.18. The molecule has 1 aliphatic rings. The van der Waals surface area contributed by atoms with Gasteiger partial charge in [-0.2, -0.15) is 0 Å². The van der Waals surface area contributed by atoms with Crippen LogP contribution in [-0.2, 0) is 4.79 Å². The zero-order chi connectivity index (χ0) is 21.2. The first kappa shape index (κ1) is 19.4. The number of ether oxygens (including phenoxy) is 1. The Morgan fingerprint density at radius 1 is 0.935 bits per heavy atom. The van der Waals surface area contributed by atoms with E-state index in [1.54, 1.807) is 0 Å². The molecule has 0 saturated carbocycles. The van der Waals surface area contributed by atoms with Crippen molar-refractivity contribution >= 4 is 56.1 Å². The van der Waals surface area contributed by atoms with Crippen molar-refractivity contribution in [3.8, 4) is 5.75 Å². The summed E-state index contributed by atoms with van der Waals surface area (Å²) in [5.74, 6) is 0.671. The van der Waals surface area contributed by atoms with Crippen molar-refractivity contribution in [2.24, 2.45) is 4.99 Å². The summed E-state index contributed by atoms with van der Waals surface area (Å²) in [6.07, 6.45) is 1.98. The van der Waals surface area contributed by atoms with Gasteiger partial charge in [-0.25, -0.2) is 4.99 Å². The SMILES string of the molecule is CCOc1ccc(N=C2NC(=O)/C(=C/c3c4ccccc4cc4ccccc34)S2)cc1.